The Morgan fingerprint density at radius 3 is 1.33 bits per heavy atom. The molecule has 0 heterocycles. The van der Waals surface area contributed by atoms with E-state index in [4.69, 9.17) is 0 Å². The van der Waals surface area contributed by atoms with Crippen LogP contribution in [-0.4, -0.2) is 34.3 Å². The van der Waals surface area contributed by atoms with Gasteiger partial charge < -0.3 is 20.1 Å². The van der Waals surface area contributed by atoms with Crippen LogP contribution in [0.3, 0.4) is 0 Å². The molecule has 3 rings (SSSR count). The number of benzene rings is 2. The van der Waals surface area contributed by atoms with Crippen molar-refractivity contribution in [2.24, 2.45) is 0 Å². The van der Waals surface area contributed by atoms with Gasteiger partial charge >= 0.3 is 14.2 Å². The van der Waals surface area contributed by atoms with Gasteiger partial charge in [-0.25, -0.2) is 0 Å². The predicted molar refractivity (Wildman–Crippen MR) is 67.9 cm³/mol. The van der Waals surface area contributed by atoms with Crippen LogP contribution in [0.2, 0.25) is 0 Å². The molecule has 0 aromatic heterocycles. The zero-order valence-electron chi connectivity index (χ0n) is 9.41. The summed E-state index contributed by atoms with van der Waals surface area (Å²) in [6.07, 6.45) is 0. The van der Waals surface area contributed by atoms with E-state index >= 15 is 0 Å². The van der Waals surface area contributed by atoms with E-state index in [1.165, 1.54) is 0 Å². The SMILES string of the molecule is OB(O)c1cccc2c1=c1c(B(O)O)cccc1=2. The first-order valence-corrected chi connectivity index (χ1v) is 5.60. The predicted octanol–water partition coefficient (Wildman–Crippen LogP) is -2.07. The Labute approximate surface area is 103 Å². The second kappa shape index (κ2) is 3.96. The summed E-state index contributed by atoms with van der Waals surface area (Å²) >= 11 is 0. The number of fused-ring (bicyclic) bond motifs is 2. The molecule has 2 aromatic rings. The Kier molecular flexibility index (Phi) is 2.53. The third kappa shape index (κ3) is 1.44. The summed E-state index contributed by atoms with van der Waals surface area (Å²) in [5.41, 5.74) is 0.765. The minimum atomic E-state index is -1.57. The lowest BCUT2D eigenvalue weighted by Gasteiger charge is -2.12. The first-order chi connectivity index (χ1) is 8.61. The topological polar surface area (TPSA) is 80.9 Å². The van der Waals surface area contributed by atoms with E-state index in [-0.39, 0.29) is 0 Å². The molecule has 0 saturated carbocycles. The fourth-order valence-electron chi connectivity index (χ4n) is 2.52. The van der Waals surface area contributed by atoms with Crippen molar-refractivity contribution in [1.82, 2.24) is 0 Å². The molecule has 1 aliphatic rings. The molecule has 0 unspecified atom stereocenters. The molecule has 0 fully saturated rings. The summed E-state index contributed by atoms with van der Waals surface area (Å²) < 4.78 is 0. The lowest BCUT2D eigenvalue weighted by molar-refractivity contribution is 0.423. The summed E-state index contributed by atoms with van der Waals surface area (Å²) in [6.45, 7) is 0. The van der Waals surface area contributed by atoms with Crippen molar-refractivity contribution in [2.45, 2.75) is 0 Å². The van der Waals surface area contributed by atoms with E-state index in [0.29, 0.717) is 21.4 Å². The number of rotatable bonds is 2. The lowest BCUT2D eigenvalue weighted by Crippen LogP contribution is -2.37. The highest BCUT2D eigenvalue weighted by molar-refractivity contribution is 6.60. The van der Waals surface area contributed by atoms with Crippen molar-refractivity contribution in [2.75, 3.05) is 0 Å². The van der Waals surface area contributed by atoms with E-state index in [2.05, 4.69) is 0 Å². The van der Waals surface area contributed by atoms with Crippen molar-refractivity contribution >= 4 is 25.2 Å². The van der Waals surface area contributed by atoms with Crippen LogP contribution in [0.4, 0.5) is 0 Å². The maximum atomic E-state index is 9.35. The Morgan fingerprint density at radius 1 is 0.611 bits per heavy atom. The zero-order valence-corrected chi connectivity index (χ0v) is 9.41. The molecule has 0 saturated heterocycles. The van der Waals surface area contributed by atoms with Crippen LogP contribution >= 0.6 is 0 Å². The highest BCUT2D eigenvalue weighted by Gasteiger charge is 2.21. The van der Waals surface area contributed by atoms with Gasteiger partial charge in [0.1, 0.15) is 0 Å². The Bertz CT molecular complexity index is 734. The van der Waals surface area contributed by atoms with Crippen LogP contribution in [0.5, 0.6) is 0 Å². The quantitative estimate of drug-likeness (QED) is 0.388. The van der Waals surface area contributed by atoms with Crippen molar-refractivity contribution in [1.29, 1.82) is 0 Å². The van der Waals surface area contributed by atoms with E-state index in [1.807, 2.05) is 12.1 Å². The summed E-state index contributed by atoms with van der Waals surface area (Å²) in [7, 11) is -3.14. The number of hydrogen-bond acceptors (Lipinski definition) is 4. The van der Waals surface area contributed by atoms with Crippen LogP contribution in [0.15, 0.2) is 36.4 Å². The average Bonchev–Trinajstić information content (AvgIpc) is 2.33. The second-order valence-electron chi connectivity index (χ2n) is 4.29. The number of hydrogen-bond donors (Lipinski definition) is 4. The first kappa shape index (κ1) is 11.5. The largest absolute Gasteiger partial charge is 0.489 e. The Balaban J connectivity index is 2.52. The molecule has 88 valence electrons. The van der Waals surface area contributed by atoms with E-state index < -0.39 is 14.2 Å². The molecule has 4 N–H and O–H groups in total. The molecule has 1 aliphatic carbocycles. The van der Waals surface area contributed by atoms with Crippen LogP contribution < -0.4 is 10.9 Å². The molecule has 2 aromatic carbocycles. The molecule has 6 heteroatoms. The molecule has 0 atom stereocenters. The first-order valence-electron chi connectivity index (χ1n) is 5.60. The van der Waals surface area contributed by atoms with Gasteiger partial charge in [-0.05, 0) is 31.8 Å². The van der Waals surface area contributed by atoms with Crippen LogP contribution in [0, 0.1) is 20.9 Å². The molecule has 0 spiro atoms. The van der Waals surface area contributed by atoms with E-state index in [0.717, 1.165) is 10.4 Å². The maximum absolute atomic E-state index is 9.35. The zero-order chi connectivity index (χ0) is 12.9. The van der Waals surface area contributed by atoms with Gasteiger partial charge in [0.15, 0.2) is 0 Å². The van der Waals surface area contributed by atoms with Gasteiger partial charge in [-0.2, -0.15) is 0 Å². The Morgan fingerprint density at radius 2 is 1.00 bits per heavy atom. The van der Waals surface area contributed by atoms with E-state index in [1.54, 1.807) is 24.3 Å². The van der Waals surface area contributed by atoms with Crippen molar-refractivity contribution in [3.8, 4) is 0 Å². The molecule has 0 amide bonds. The molecular formula is C12H10B2O4. The van der Waals surface area contributed by atoms with Crippen LogP contribution in [0.25, 0.3) is 0 Å². The smallest absolute Gasteiger partial charge is 0.423 e. The fraction of sp³-hybridized carbons (Fsp3) is 0. The van der Waals surface area contributed by atoms with Gasteiger partial charge in [-0.3, -0.25) is 0 Å². The van der Waals surface area contributed by atoms with Gasteiger partial charge in [0.2, 0.25) is 0 Å². The summed E-state index contributed by atoms with van der Waals surface area (Å²) in [5, 5.41) is 40.6. The highest BCUT2D eigenvalue weighted by atomic mass is 16.4. The maximum Gasteiger partial charge on any atom is 0.489 e. The second-order valence-corrected chi connectivity index (χ2v) is 4.29. The Hall–Kier alpha value is -1.59. The summed E-state index contributed by atoms with van der Waals surface area (Å²) in [6, 6.07) is 10.5. The average molecular weight is 240 g/mol. The van der Waals surface area contributed by atoms with Gasteiger partial charge in [0, 0.05) is 0 Å². The molecular weight excluding hydrogens is 230 g/mol. The lowest BCUT2D eigenvalue weighted by atomic mass is 9.71. The summed E-state index contributed by atoms with van der Waals surface area (Å²) in [4.78, 5) is 0. The van der Waals surface area contributed by atoms with Gasteiger partial charge in [0.25, 0.3) is 0 Å². The third-order valence-electron chi connectivity index (χ3n) is 3.29. The third-order valence-corrected chi connectivity index (χ3v) is 3.29. The van der Waals surface area contributed by atoms with Crippen LogP contribution in [-0.2, 0) is 0 Å². The minimum Gasteiger partial charge on any atom is -0.423 e. The fourth-order valence-corrected chi connectivity index (χ4v) is 2.52. The van der Waals surface area contributed by atoms with Crippen LogP contribution in [0.1, 0.15) is 0 Å². The van der Waals surface area contributed by atoms with Crippen molar-refractivity contribution in [3.63, 3.8) is 0 Å². The molecule has 0 bridgehead atoms. The monoisotopic (exact) mass is 240 g/mol. The minimum absolute atomic E-state index is 0.383. The standard InChI is InChI=1S/C12H10B2O4/c15-13(16)9-5-1-3-7-8-4-2-6-10(14(17)18)12(8)11(7)9/h1-6,15-18H. The van der Waals surface area contributed by atoms with Gasteiger partial charge in [0.05, 0.1) is 0 Å². The molecule has 18 heavy (non-hydrogen) atoms. The van der Waals surface area contributed by atoms with Gasteiger partial charge in [-0.1, -0.05) is 36.4 Å². The van der Waals surface area contributed by atoms with E-state index in [9.17, 15) is 20.1 Å². The highest BCUT2D eigenvalue weighted by Crippen LogP contribution is 2.10. The normalized spacial score (nSPS) is 11.3. The summed E-state index contributed by atoms with van der Waals surface area (Å²) in [5.74, 6) is 0. The molecule has 0 aliphatic heterocycles. The van der Waals surface area contributed by atoms with Gasteiger partial charge in [-0.15, -0.1) is 0 Å². The molecule has 4 nitrogen and oxygen atoms in total. The van der Waals surface area contributed by atoms with Crippen molar-refractivity contribution < 1.29 is 20.1 Å². The molecule has 0 radical (unpaired) electrons. The van der Waals surface area contributed by atoms with Crippen molar-refractivity contribution in [3.05, 3.63) is 57.3 Å².